The van der Waals surface area contributed by atoms with Crippen molar-refractivity contribution in [1.82, 2.24) is 0 Å². The van der Waals surface area contributed by atoms with E-state index >= 15 is 0 Å². The molecule has 0 aromatic carbocycles. The van der Waals surface area contributed by atoms with E-state index in [9.17, 15) is 0 Å². The molecule has 0 radical (unpaired) electrons. The number of hydrogen-bond donors (Lipinski definition) is 2. The number of carbonyl (C=O) groups is 1. The van der Waals surface area contributed by atoms with E-state index in [0.29, 0.717) is 0 Å². The summed E-state index contributed by atoms with van der Waals surface area (Å²) in [5, 5.41) is 7.42. The van der Waals surface area contributed by atoms with Gasteiger partial charge in [0.25, 0.3) is 5.97 Å². The molecule has 10 heavy (non-hydrogen) atoms. The van der Waals surface area contributed by atoms with Gasteiger partial charge in [0.2, 0.25) is 0 Å². The summed E-state index contributed by atoms with van der Waals surface area (Å²) in [7, 11) is -5.14. The number of phosphoric acid groups is 1. The van der Waals surface area contributed by atoms with Crippen molar-refractivity contribution in [3.63, 3.8) is 0 Å². The van der Waals surface area contributed by atoms with E-state index in [0.717, 1.165) is 6.92 Å². The quantitative estimate of drug-likeness (QED) is 0.357. The maximum absolute atomic E-state index is 9.00. The average molecular weight is 221 g/mol. The number of rotatable bonds is 0. The number of aliphatic carboxylic acids is 1. The second-order valence-corrected chi connectivity index (χ2v) is 1.92. The van der Waals surface area contributed by atoms with Gasteiger partial charge in [0, 0.05) is 6.92 Å². The molecule has 8 heteroatoms. The second-order valence-electron chi connectivity index (χ2n) is 0.988. The predicted octanol–water partition coefficient (Wildman–Crippen LogP) is -2.10. The van der Waals surface area contributed by atoms with E-state index in [-0.39, 0.29) is 19.5 Å². The molecule has 0 aliphatic heterocycles. The topological polar surface area (TPSA) is 121 Å². The Morgan fingerprint density at radius 3 is 1.50 bits per heavy atom. The molecule has 0 fully saturated rings. The van der Waals surface area contributed by atoms with Crippen LogP contribution in [0.3, 0.4) is 0 Å². The molecule has 0 saturated heterocycles. The smallest absolute Gasteiger partial charge is 0.790 e. The summed E-state index contributed by atoms with van der Waals surface area (Å²) in [4.78, 5) is 33.3. The van der Waals surface area contributed by atoms with Crippen LogP contribution in [0.4, 0.5) is 0 Å². The van der Waals surface area contributed by atoms with Gasteiger partial charge in [0.15, 0.2) is 0 Å². The second kappa shape index (κ2) is 7.31. The summed E-state index contributed by atoms with van der Waals surface area (Å²) in [5.41, 5.74) is 0. The van der Waals surface area contributed by atoms with Crippen LogP contribution >= 0.6 is 7.82 Å². The van der Waals surface area contributed by atoms with Crippen LogP contribution < -0.4 is 9.79 Å². The number of hydrogen-bond acceptors (Lipinski definition) is 4. The maximum Gasteiger partial charge on any atom is 2.00 e. The van der Waals surface area contributed by atoms with Crippen LogP contribution in [0, 0.1) is 0 Å². The molecular formula is C2H5O6PZn. The van der Waals surface area contributed by atoms with Crippen molar-refractivity contribution in [3.05, 3.63) is 0 Å². The van der Waals surface area contributed by atoms with Crippen LogP contribution in [-0.4, -0.2) is 16.0 Å². The third-order valence-electron chi connectivity index (χ3n) is 0. The Labute approximate surface area is 69.9 Å². The van der Waals surface area contributed by atoms with Crippen LogP contribution in [0.5, 0.6) is 0 Å². The van der Waals surface area contributed by atoms with Crippen LogP contribution in [-0.2, 0) is 28.8 Å². The molecule has 0 heterocycles. The van der Waals surface area contributed by atoms with Gasteiger partial charge in [-0.2, -0.15) is 0 Å². The Morgan fingerprint density at radius 2 is 1.50 bits per heavy atom. The summed E-state index contributed by atoms with van der Waals surface area (Å²) in [6.07, 6.45) is 0. The maximum atomic E-state index is 9.00. The number of carboxylic acids is 1. The van der Waals surface area contributed by atoms with Crippen LogP contribution in [0.15, 0.2) is 0 Å². The first-order valence-electron chi connectivity index (χ1n) is 1.68. The Hall–Kier alpha value is 0.203. The van der Waals surface area contributed by atoms with Crippen molar-refractivity contribution in [2.75, 3.05) is 0 Å². The van der Waals surface area contributed by atoms with Gasteiger partial charge in [-0.3, -0.25) is 4.79 Å². The SMILES string of the molecule is CC(=O)O.O=P([O-])([O-])O.[Zn+2]. The first-order valence-corrected chi connectivity index (χ1v) is 3.17. The summed E-state index contributed by atoms with van der Waals surface area (Å²) in [5.74, 6) is -0.833. The van der Waals surface area contributed by atoms with Gasteiger partial charge in [-0.25, -0.2) is 0 Å². The molecule has 0 aliphatic rings. The molecule has 0 aliphatic carbocycles. The molecule has 0 rings (SSSR count). The minimum absolute atomic E-state index is 0. The fraction of sp³-hybridized carbons (Fsp3) is 0.500. The van der Waals surface area contributed by atoms with E-state index < -0.39 is 13.8 Å². The third-order valence-corrected chi connectivity index (χ3v) is 0. The number of carboxylic acid groups (broad SMARTS) is 1. The normalized spacial score (nSPS) is 8.40. The Balaban J connectivity index is -0.0000000910. The molecule has 0 spiro atoms. The fourth-order valence-corrected chi connectivity index (χ4v) is 0. The summed E-state index contributed by atoms with van der Waals surface area (Å²) in [6.45, 7) is 1.08. The molecule has 0 aromatic rings. The molecule has 56 valence electrons. The minimum atomic E-state index is -5.14. The van der Waals surface area contributed by atoms with Crippen molar-refractivity contribution in [1.29, 1.82) is 0 Å². The van der Waals surface area contributed by atoms with E-state index in [1.807, 2.05) is 0 Å². The molecule has 6 nitrogen and oxygen atoms in total. The zero-order valence-corrected chi connectivity index (χ0v) is 9.04. The first-order chi connectivity index (χ1) is 3.73. The largest absolute Gasteiger partial charge is 2.00 e. The fourth-order valence-electron chi connectivity index (χ4n) is 0. The van der Waals surface area contributed by atoms with Gasteiger partial charge in [-0.05, 0) is 0 Å². The predicted molar refractivity (Wildman–Crippen MR) is 23.1 cm³/mol. The van der Waals surface area contributed by atoms with Gasteiger partial charge in [0.05, 0.1) is 7.82 Å². The summed E-state index contributed by atoms with van der Waals surface area (Å²) >= 11 is 0. The summed E-state index contributed by atoms with van der Waals surface area (Å²) < 4.78 is 8.66. The zero-order chi connectivity index (χ0) is 8.08. The standard InChI is InChI=1S/C2H4O2.H3O4P.Zn/c1-2(3)4;1-5(2,3)4;/h1H3,(H,3,4);(H3,1,2,3,4);/q;;+2/p-2. The Kier molecular flexibility index (Phi) is 12.2. The molecule has 0 amide bonds. The molecule has 0 unspecified atom stereocenters. The van der Waals surface area contributed by atoms with Gasteiger partial charge in [0.1, 0.15) is 0 Å². The Morgan fingerprint density at radius 1 is 1.50 bits per heavy atom. The van der Waals surface area contributed by atoms with E-state index in [1.54, 1.807) is 0 Å². The minimum Gasteiger partial charge on any atom is -0.790 e. The zero-order valence-electron chi connectivity index (χ0n) is 5.18. The first kappa shape index (κ1) is 16.7. The third kappa shape index (κ3) is 10300. The van der Waals surface area contributed by atoms with Gasteiger partial charge in [-0.15, -0.1) is 0 Å². The van der Waals surface area contributed by atoms with Crippen molar-refractivity contribution in [2.24, 2.45) is 0 Å². The van der Waals surface area contributed by atoms with Gasteiger partial charge >= 0.3 is 19.5 Å². The van der Waals surface area contributed by atoms with Crippen LogP contribution in [0.2, 0.25) is 0 Å². The molecule has 2 N–H and O–H groups in total. The van der Waals surface area contributed by atoms with Crippen LogP contribution in [0.25, 0.3) is 0 Å². The van der Waals surface area contributed by atoms with E-state index in [2.05, 4.69) is 0 Å². The molecule has 0 saturated carbocycles. The van der Waals surface area contributed by atoms with E-state index in [1.165, 1.54) is 0 Å². The molecule has 0 bridgehead atoms. The molecular weight excluding hydrogens is 216 g/mol. The van der Waals surface area contributed by atoms with Gasteiger partial charge in [-0.1, -0.05) is 0 Å². The average Bonchev–Trinajstić information content (AvgIpc) is 1.19. The van der Waals surface area contributed by atoms with Crippen molar-refractivity contribution in [3.8, 4) is 0 Å². The van der Waals surface area contributed by atoms with Crippen molar-refractivity contribution < 1.29 is 48.6 Å². The Bertz CT molecular complexity index is 115. The van der Waals surface area contributed by atoms with Crippen molar-refractivity contribution >= 4 is 13.8 Å². The molecule has 0 aromatic heterocycles. The monoisotopic (exact) mass is 220 g/mol. The van der Waals surface area contributed by atoms with Crippen molar-refractivity contribution in [2.45, 2.75) is 6.92 Å². The molecule has 0 atom stereocenters. The van der Waals surface area contributed by atoms with E-state index in [4.69, 9.17) is 29.1 Å². The summed E-state index contributed by atoms with van der Waals surface area (Å²) in [6, 6.07) is 0. The van der Waals surface area contributed by atoms with Crippen LogP contribution in [0.1, 0.15) is 6.92 Å². The van der Waals surface area contributed by atoms with Gasteiger partial charge < -0.3 is 24.4 Å².